The summed E-state index contributed by atoms with van der Waals surface area (Å²) < 4.78 is 28.7. The number of carbonyl (C=O) groups is 1. The van der Waals surface area contributed by atoms with Crippen molar-refractivity contribution in [2.45, 2.75) is 115 Å². The molecule has 224 valence electrons. The molecule has 1 aliphatic heterocycles. The van der Waals surface area contributed by atoms with E-state index >= 15 is 0 Å². The van der Waals surface area contributed by atoms with Gasteiger partial charge >= 0.3 is 5.97 Å². The maximum absolute atomic E-state index is 11.5. The van der Waals surface area contributed by atoms with Crippen molar-refractivity contribution >= 4 is 14.3 Å². The Morgan fingerprint density at radius 1 is 1.10 bits per heavy atom. The molecule has 0 bridgehead atoms. The van der Waals surface area contributed by atoms with E-state index in [4.69, 9.17) is 28.2 Å². The third-order valence-corrected chi connectivity index (χ3v) is 12.5. The van der Waals surface area contributed by atoms with Gasteiger partial charge in [-0.05, 0) is 49.9 Å². The number of hydrogen-bond donors (Lipinski definition) is 0. The Bertz CT molecular complexity index is 817. The van der Waals surface area contributed by atoms with E-state index in [9.17, 15) is 4.79 Å². The molecule has 0 N–H and O–H groups in total. The quantitative estimate of drug-likeness (QED) is 0.0912. The third kappa shape index (κ3) is 11.6. The van der Waals surface area contributed by atoms with Crippen LogP contribution in [0.25, 0.3) is 0 Å². The maximum atomic E-state index is 11.5. The average molecular weight is 568 g/mol. The molecule has 2 rings (SSSR count). The lowest BCUT2D eigenvalue weighted by Gasteiger charge is -2.41. The van der Waals surface area contributed by atoms with Gasteiger partial charge in [-0.3, -0.25) is 9.63 Å². The summed E-state index contributed by atoms with van der Waals surface area (Å²) in [5.74, 6) is -0.145. The number of methoxy groups -OCH3 is 2. The fraction of sp³-hybridized carbons (Fsp3) is 0.767. The van der Waals surface area contributed by atoms with Gasteiger partial charge in [0.2, 0.25) is 0 Å². The Hall–Kier alpha value is -1.33. The Morgan fingerprint density at radius 3 is 2.46 bits per heavy atom. The van der Waals surface area contributed by atoms with E-state index < -0.39 is 8.32 Å². The topological polar surface area (TPSA) is 75.7 Å². The number of ether oxygens (including phenoxy) is 4. The number of benzene rings is 1. The highest BCUT2D eigenvalue weighted by Crippen LogP contribution is 2.39. The number of hydroxylamine groups is 2. The summed E-state index contributed by atoms with van der Waals surface area (Å²) in [4.78, 5) is 18.1. The van der Waals surface area contributed by atoms with Crippen molar-refractivity contribution < 1.29 is 33.0 Å². The first-order valence-electron chi connectivity index (χ1n) is 14.4. The number of carbonyl (C=O) groups excluding carboxylic acids is 1. The molecule has 1 saturated heterocycles. The zero-order valence-electron chi connectivity index (χ0n) is 25.6. The summed E-state index contributed by atoms with van der Waals surface area (Å²) in [6.45, 7) is 15.3. The van der Waals surface area contributed by atoms with Crippen LogP contribution < -0.4 is 0 Å². The number of unbranched alkanes of at least 4 members (excludes halogenated alkanes) is 2. The second-order valence-corrected chi connectivity index (χ2v) is 16.8. The Labute approximate surface area is 237 Å². The van der Waals surface area contributed by atoms with Gasteiger partial charge in [0.05, 0.1) is 26.4 Å². The third-order valence-electron chi connectivity index (χ3n) is 7.90. The normalized spacial score (nSPS) is 20.2. The average Bonchev–Trinajstić information content (AvgIpc) is 3.27. The summed E-state index contributed by atoms with van der Waals surface area (Å²) in [7, 11) is 1.07. The molecule has 0 saturated carbocycles. The number of hydrogen-bond acceptors (Lipinski definition) is 8. The second-order valence-electron chi connectivity index (χ2n) is 12.0. The van der Waals surface area contributed by atoms with E-state index in [0.29, 0.717) is 26.2 Å². The van der Waals surface area contributed by atoms with E-state index in [1.54, 1.807) is 7.11 Å². The van der Waals surface area contributed by atoms with Crippen molar-refractivity contribution in [1.29, 1.82) is 0 Å². The van der Waals surface area contributed by atoms with Gasteiger partial charge in [0, 0.05) is 26.1 Å². The van der Waals surface area contributed by atoms with Crippen LogP contribution in [0.2, 0.25) is 18.1 Å². The van der Waals surface area contributed by atoms with E-state index in [2.05, 4.69) is 70.1 Å². The van der Waals surface area contributed by atoms with Crippen LogP contribution in [0.1, 0.15) is 71.8 Å². The molecule has 8 nitrogen and oxygen atoms in total. The first kappa shape index (κ1) is 33.9. The van der Waals surface area contributed by atoms with Gasteiger partial charge < -0.3 is 23.4 Å². The highest BCUT2D eigenvalue weighted by molar-refractivity contribution is 6.74. The largest absolute Gasteiger partial charge is 0.469 e. The number of rotatable bonds is 18. The first-order valence-corrected chi connectivity index (χ1v) is 17.3. The summed E-state index contributed by atoms with van der Waals surface area (Å²) in [5.41, 5.74) is 1.21. The molecule has 1 heterocycles. The second kappa shape index (κ2) is 16.8. The SMILES string of the molecule is COCCOCO[C@H]([C@@H](C)O[Si](C)(C)C(C)(C)C)[C@H]1C[C@@H](CCCCCC(=O)OC)N(Cc2ccccc2)O1. The zero-order chi connectivity index (χ0) is 28.9. The van der Waals surface area contributed by atoms with Gasteiger partial charge in [-0.25, -0.2) is 0 Å². The van der Waals surface area contributed by atoms with Crippen molar-refractivity contribution in [3.8, 4) is 0 Å². The lowest BCUT2D eigenvalue weighted by atomic mass is 9.98. The minimum atomic E-state index is -2.03. The Morgan fingerprint density at radius 2 is 1.82 bits per heavy atom. The lowest BCUT2D eigenvalue weighted by Crippen LogP contribution is -2.49. The molecule has 1 fully saturated rings. The summed E-state index contributed by atoms with van der Waals surface area (Å²) >= 11 is 0. The van der Waals surface area contributed by atoms with E-state index in [1.807, 2.05) is 6.07 Å². The van der Waals surface area contributed by atoms with Crippen LogP contribution in [0.5, 0.6) is 0 Å². The molecule has 0 aliphatic carbocycles. The molecular weight excluding hydrogens is 514 g/mol. The van der Waals surface area contributed by atoms with Crippen LogP contribution in [0.4, 0.5) is 0 Å². The molecule has 39 heavy (non-hydrogen) atoms. The predicted molar refractivity (Wildman–Crippen MR) is 156 cm³/mol. The van der Waals surface area contributed by atoms with Crippen molar-refractivity contribution in [3.05, 3.63) is 35.9 Å². The van der Waals surface area contributed by atoms with E-state index in [0.717, 1.165) is 32.1 Å². The standard InChI is InChI=1S/C30H53NO7Si/c1-24(38-39(7,8)30(2,3)4)29(36-23-35-20-19-33-5)27-21-26(17-13-10-14-18-28(32)34-6)31(37-27)22-25-15-11-9-12-16-25/h9,11-12,15-16,24,26-27,29H,10,13-14,17-23H2,1-8H3/t24-,26-,27-,29-/m1/s1. The lowest BCUT2D eigenvalue weighted by molar-refractivity contribution is -0.224. The molecule has 1 aliphatic rings. The highest BCUT2D eigenvalue weighted by atomic mass is 28.4. The van der Waals surface area contributed by atoms with Crippen LogP contribution in [0, 0.1) is 0 Å². The van der Waals surface area contributed by atoms with Gasteiger partial charge in [0.25, 0.3) is 0 Å². The van der Waals surface area contributed by atoms with Gasteiger partial charge in [0.1, 0.15) is 19.0 Å². The Balaban J connectivity index is 2.13. The van der Waals surface area contributed by atoms with Crippen LogP contribution in [-0.4, -0.2) is 77.9 Å². The molecule has 1 aromatic carbocycles. The number of esters is 1. The van der Waals surface area contributed by atoms with Crippen molar-refractivity contribution in [3.63, 3.8) is 0 Å². The smallest absolute Gasteiger partial charge is 0.305 e. The molecular formula is C30H53NO7Si. The molecule has 0 unspecified atom stereocenters. The molecule has 0 aromatic heterocycles. The van der Waals surface area contributed by atoms with Gasteiger partial charge in [-0.1, -0.05) is 63.9 Å². The van der Waals surface area contributed by atoms with E-state index in [1.165, 1.54) is 12.7 Å². The van der Waals surface area contributed by atoms with Crippen molar-refractivity contribution in [2.24, 2.45) is 0 Å². The van der Waals surface area contributed by atoms with Crippen LogP contribution in [-0.2, 0) is 39.6 Å². The summed E-state index contributed by atoms with van der Waals surface area (Å²) in [6.07, 6.45) is 4.55. The molecule has 9 heteroatoms. The molecule has 4 atom stereocenters. The van der Waals surface area contributed by atoms with Crippen LogP contribution in [0.15, 0.2) is 30.3 Å². The van der Waals surface area contributed by atoms with Crippen molar-refractivity contribution in [2.75, 3.05) is 34.2 Å². The first-order chi connectivity index (χ1) is 18.5. The molecule has 0 spiro atoms. The summed E-state index contributed by atoms with van der Waals surface area (Å²) in [5, 5.41) is 2.21. The van der Waals surface area contributed by atoms with Gasteiger partial charge in [0.15, 0.2) is 8.32 Å². The predicted octanol–water partition coefficient (Wildman–Crippen LogP) is 6.10. The zero-order valence-corrected chi connectivity index (χ0v) is 26.6. The molecule has 0 radical (unpaired) electrons. The summed E-state index contributed by atoms with van der Waals surface area (Å²) in [6, 6.07) is 10.7. The fourth-order valence-electron chi connectivity index (χ4n) is 4.58. The molecule has 0 amide bonds. The Kier molecular flexibility index (Phi) is 14.6. The van der Waals surface area contributed by atoms with Crippen LogP contribution >= 0.6 is 0 Å². The van der Waals surface area contributed by atoms with Crippen molar-refractivity contribution in [1.82, 2.24) is 5.06 Å². The minimum absolute atomic E-state index is 0.0867. The van der Waals surface area contributed by atoms with Gasteiger partial charge in [-0.2, -0.15) is 5.06 Å². The van der Waals surface area contributed by atoms with Crippen LogP contribution in [0.3, 0.4) is 0 Å². The number of nitrogens with zero attached hydrogens (tertiary/aromatic N) is 1. The molecule has 1 aromatic rings. The van der Waals surface area contributed by atoms with E-state index in [-0.39, 0.29) is 42.2 Å². The minimum Gasteiger partial charge on any atom is -0.469 e. The monoisotopic (exact) mass is 567 g/mol. The maximum Gasteiger partial charge on any atom is 0.305 e. The highest BCUT2D eigenvalue weighted by Gasteiger charge is 2.44. The van der Waals surface area contributed by atoms with Gasteiger partial charge in [-0.15, -0.1) is 0 Å². The fourth-order valence-corrected chi connectivity index (χ4v) is 6.00.